The average molecular weight is 518 g/mol. The molecule has 1 fully saturated rings. The maximum absolute atomic E-state index is 11.8. The lowest BCUT2D eigenvalue weighted by Crippen LogP contribution is -2.34. The van der Waals surface area contributed by atoms with Crippen molar-refractivity contribution < 1.29 is 13.5 Å². The molecule has 1 saturated heterocycles. The van der Waals surface area contributed by atoms with E-state index in [0.717, 1.165) is 78.0 Å². The van der Waals surface area contributed by atoms with E-state index in [0.29, 0.717) is 10.8 Å². The number of aliphatic hydroxyl groups is 1. The van der Waals surface area contributed by atoms with Gasteiger partial charge in [0.25, 0.3) is 0 Å². The molecule has 1 N–H and O–H groups in total. The topological polar surface area (TPSA) is 75.4 Å². The van der Waals surface area contributed by atoms with E-state index in [1.54, 1.807) is 12.1 Å². The zero-order chi connectivity index (χ0) is 26.2. The number of pyridine rings is 1. The summed E-state index contributed by atoms with van der Waals surface area (Å²) < 4.78 is 25.8. The third-order valence-electron chi connectivity index (χ3n) is 7.71. The molecule has 3 heterocycles. The molecular weight excluding hydrogens is 482 g/mol. The van der Waals surface area contributed by atoms with Crippen molar-refractivity contribution in [2.45, 2.75) is 37.0 Å². The first-order chi connectivity index (χ1) is 17.7. The monoisotopic (exact) mass is 517 g/mol. The Kier molecular flexibility index (Phi) is 7.21. The molecular formula is C30H35N3O3S. The summed E-state index contributed by atoms with van der Waals surface area (Å²) in [6.45, 7) is 5.49. The van der Waals surface area contributed by atoms with Crippen LogP contribution in [0.25, 0.3) is 33.4 Å². The van der Waals surface area contributed by atoms with Crippen molar-refractivity contribution in [3.8, 4) is 22.5 Å². The number of benzene rings is 2. The van der Waals surface area contributed by atoms with Gasteiger partial charge in [0.15, 0.2) is 9.84 Å². The van der Waals surface area contributed by atoms with Crippen molar-refractivity contribution in [3.05, 3.63) is 71.9 Å². The SMILES string of the molecule is Cc1nc(-c2ccc(C3CCN(CCCO)CC3)cc2)cc2c1cc(-c1ccc(S(C)(=O)=O)cc1)n2C. The van der Waals surface area contributed by atoms with Crippen molar-refractivity contribution in [1.82, 2.24) is 14.5 Å². The van der Waals surface area contributed by atoms with E-state index in [4.69, 9.17) is 10.1 Å². The number of fused-ring (bicyclic) bond motifs is 1. The Morgan fingerprint density at radius 2 is 1.62 bits per heavy atom. The van der Waals surface area contributed by atoms with Gasteiger partial charge in [0, 0.05) is 48.8 Å². The van der Waals surface area contributed by atoms with Crippen molar-refractivity contribution in [2.75, 3.05) is 32.5 Å². The summed E-state index contributed by atoms with van der Waals surface area (Å²) >= 11 is 0. The van der Waals surface area contributed by atoms with Gasteiger partial charge in [-0.1, -0.05) is 36.4 Å². The predicted molar refractivity (Wildman–Crippen MR) is 150 cm³/mol. The highest BCUT2D eigenvalue weighted by molar-refractivity contribution is 7.90. The summed E-state index contributed by atoms with van der Waals surface area (Å²) in [6, 6.07) is 20.2. The highest BCUT2D eigenvalue weighted by Gasteiger charge is 2.20. The maximum Gasteiger partial charge on any atom is 0.175 e. The number of hydrogen-bond donors (Lipinski definition) is 1. The largest absolute Gasteiger partial charge is 0.396 e. The molecule has 0 bridgehead atoms. The smallest absolute Gasteiger partial charge is 0.175 e. The molecule has 0 amide bonds. The molecule has 37 heavy (non-hydrogen) atoms. The van der Waals surface area contributed by atoms with Crippen LogP contribution in [0.4, 0.5) is 0 Å². The summed E-state index contributed by atoms with van der Waals surface area (Å²) in [4.78, 5) is 7.71. The molecule has 6 nitrogen and oxygen atoms in total. The molecule has 4 aromatic rings. The third-order valence-corrected chi connectivity index (χ3v) is 8.84. The zero-order valence-electron chi connectivity index (χ0n) is 21.8. The Labute approximate surface area is 219 Å². The molecule has 0 radical (unpaired) electrons. The molecule has 0 saturated carbocycles. The maximum atomic E-state index is 11.8. The first-order valence-corrected chi connectivity index (χ1v) is 14.8. The van der Waals surface area contributed by atoms with Gasteiger partial charge in [-0.25, -0.2) is 8.42 Å². The first kappa shape index (κ1) is 25.6. The predicted octanol–water partition coefficient (Wildman–Crippen LogP) is 5.18. The van der Waals surface area contributed by atoms with Crippen LogP contribution in [0.3, 0.4) is 0 Å². The molecule has 194 valence electrons. The number of nitrogens with zero attached hydrogens (tertiary/aromatic N) is 3. The standard InChI is InChI=1S/C30H35N3O3S/c1-21-27-19-29(25-9-11-26(12-10-25)37(3,35)36)32(2)30(27)20-28(31-21)24-7-5-22(6-8-24)23-13-16-33(17-14-23)15-4-18-34/h5-12,19-20,23,34H,4,13-18H2,1-3H3. The molecule has 5 rings (SSSR count). The second-order valence-corrected chi connectivity index (χ2v) is 12.2. The fourth-order valence-corrected chi connectivity index (χ4v) is 6.12. The van der Waals surface area contributed by atoms with E-state index in [1.807, 2.05) is 26.1 Å². The highest BCUT2D eigenvalue weighted by Crippen LogP contribution is 2.33. The number of hydrogen-bond acceptors (Lipinski definition) is 5. The minimum atomic E-state index is -3.22. The average Bonchev–Trinajstić information content (AvgIpc) is 3.24. The van der Waals surface area contributed by atoms with Gasteiger partial charge in [-0.15, -0.1) is 0 Å². The second kappa shape index (κ2) is 10.4. The fourth-order valence-electron chi connectivity index (χ4n) is 5.49. The van der Waals surface area contributed by atoms with Gasteiger partial charge in [-0.05, 0) is 80.6 Å². The highest BCUT2D eigenvalue weighted by atomic mass is 32.2. The summed E-state index contributed by atoms with van der Waals surface area (Å²) in [6.07, 6.45) is 4.40. The molecule has 7 heteroatoms. The number of sulfone groups is 1. The molecule has 0 spiro atoms. The Balaban J connectivity index is 1.38. The van der Waals surface area contributed by atoms with Gasteiger partial charge >= 0.3 is 0 Å². The number of likely N-dealkylation sites (tertiary alicyclic amines) is 1. The van der Waals surface area contributed by atoms with Gasteiger partial charge in [0.2, 0.25) is 0 Å². The van der Waals surface area contributed by atoms with E-state index in [9.17, 15) is 8.42 Å². The van der Waals surface area contributed by atoms with Crippen LogP contribution < -0.4 is 0 Å². The molecule has 0 unspecified atom stereocenters. The van der Waals surface area contributed by atoms with Crippen molar-refractivity contribution in [2.24, 2.45) is 7.05 Å². The molecule has 1 aliphatic heterocycles. The van der Waals surface area contributed by atoms with Gasteiger partial charge in [0.1, 0.15) is 0 Å². The number of aryl methyl sites for hydroxylation is 2. The van der Waals surface area contributed by atoms with Gasteiger partial charge in [0.05, 0.1) is 16.1 Å². The minimum absolute atomic E-state index is 0.267. The molecule has 2 aromatic heterocycles. The minimum Gasteiger partial charge on any atom is -0.396 e. The lowest BCUT2D eigenvalue weighted by Gasteiger charge is -2.32. The molecule has 0 aliphatic carbocycles. The first-order valence-electron chi connectivity index (χ1n) is 13.0. The number of piperidine rings is 1. The summed E-state index contributed by atoms with van der Waals surface area (Å²) in [7, 11) is -1.18. The van der Waals surface area contributed by atoms with Crippen molar-refractivity contribution in [3.63, 3.8) is 0 Å². The van der Waals surface area contributed by atoms with E-state index < -0.39 is 9.84 Å². The lowest BCUT2D eigenvalue weighted by atomic mass is 9.88. The zero-order valence-corrected chi connectivity index (χ0v) is 22.6. The number of aliphatic hydroxyl groups excluding tert-OH is 1. The Morgan fingerprint density at radius 1 is 0.973 bits per heavy atom. The van der Waals surface area contributed by atoms with Gasteiger partial charge in [-0.2, -0.15) is 0 Å². The van der Waals surface area contributed by atoms with Crippen LogP contribution in [-0.2, 0) is 16.9 Å². The summed E-state index contributed by atoms with van der Waals surface area (Å²) in [5.41, 5.74) is 7.52. The normalized spacial score (nSPS) is 15.5. The van der Waals surface area contributed by atoms with E-state index in [-0.39, 0.29) is 6.61 Å². The van der Waals surface area contributed by atoms with Gasteiger partial charge < -0.3 is 14.6 Å². The van der Waals surface area contributed by atoms with E-state index >= 15 is 0 Å². The number of aromatic nitrogens is 2. The van der Waals surface area contributed by atoms with Crippen LogP contribution in [0.15, 0.2) is 65.6 Å². The second-order valence-electron chi connectivity index (χ2n) is 10.2. The van der Waals surface area contributed by atoms with Crippen LogP contribution in [0.2, 0.25) is 0 Å². The fraction of sp³-hybridized carbons (Fsp3) is 0.367. The third kappa shape index (κ3) is 5.35. The molecule has 2 aromatic carbocycles. The number of rotatable bonds is 7. The van der Waals surface area contributed by atoms with Crippen molar-refractivity contribution >= 4 is 20.7 Å². The molecule has 1 aliphatic rings. The van der Waals surface area contributed by atoms with Gasteiger partial charge in [-0.3, -0.25) is 4.98 Å². The van der Waals surface area contributed by atoms with Crippen LogP contribution in [-0.4, -0.2) is 60.5 Å². The lowest BCUT2D eigenvalue weighted by molar-refractivity contribution is 0.187. The summed E-state index contributed by atoms with van der Waals surface area (Å²) in [5.74, 6) is 0.584. The quantitative estimate of drug-likeness (QED) is 0.366. The Morgan fingerprint density at radius 3 is 2.24 bits per heavy atom. The Bertz CT molecular complexity index is 1500. The molecule has 0 atom stereocenters. The summed E-state index contributed by atoms with van der Waals surface area (Å²) in [5, 5.41) is 10.2. The van der Waals surface area contributed by atoms with Crippen LogP contribution >= 0.6 is 0 Å². The van der Waals surface area contributed by atoms with E-state index in [1.165, 1.54) is 11.8 Å². The van der Waals surface area contributed by atoms with Crippen LogP contribution in [0.1, 0.15) is 36.4 Å². The van der Waals surface area contributed by atoms with E-state index in [2.05, 4.69) is 45.9 Å². The van der Waals surface area contributed by atoms with Crippen molar-refractivity contribution in [1.29, 1.82) is 0 Å². The van der Waals surface area contributed by atoms with Crippen LogP contribution in [0, 0.1) is 6.92 Å². The Hall–Kier alpha value is -3.00. The van der Waals surface area contributed by atoms with Crippen LogP contribution in [0.5, 0.6) is 0 Å².